The van der Waals surface area contributed by atoms with Gasteiger partial charge in [0.2, 0.25) is 5.91 Å². The molecule has 0 radical (unpaired) electrons. The van der Waals surface area contributed by atoms with E-state index in [0.29, 0.717) is 30.1 Å². The van der Waals surface area contributed by atoms with E-state index in [9.17, 15) is 4.79 Å². The van der Waals surface area contributed by atoms with Gasteiger partial charge in [-0.3, -0.25) is 4.79 Å². The van der Waals surface area contributed by atoms with E-state index in [1.165, 1.54) is 12.8 Å². The molecule has 2 bridgehead atoms. The average molecular weight is 302 g/mol. The number of amides is 1. The molecule has 3 heterocycles. The summed E-state index contributed by atoms with van der Waals surface area (Å²) in [6, 6.07) is 1.26. The van der Waals surface area contributed by atoms with Gasteiger partial charge in [-0.05, 0) is 31.6 Å². The number of aromatic nitrogens is 2. The van der Waals surface area contributed by atoms with Gasteiger partial charge in [-0.25, -0.2) is 9.97 Å². The Bertz CT molecular complexity index is 523. The molecule has 22 heavy (non-hydrogen) atoms. The van der Waals surface area contributed by atoms with Gasteiger partial charge < -0.3 is 10.6 Å². The second-order valence-corrected chi connectivity index (χ2v) is 7.77. The summed E-state index contributed by atoms with van der Waals surface area (Å²) >= 11 is 0. The van der Waals surface area contributed by atoms with Crippen molar-refractivity contribution < 1.29 is 4.79 Å². The van der Waals surface area contributed by atoms with Gasteiger partial charge in [0.1, 0.15) is 5.82 Å². The first-order valence-corrected chi connectivity index (χ1v) is 8.28. The lowest BCUT2D eigenvalue weighted by molar-refractivity contribution is -0.117. The number of hydrogen-bond donors (Lipinski definition) is 2. The van der Waals surface area contributed by atoms with Crippen LogP contribution in [0, 0.1) is 5.92 Å². The molecule has 0 spiro atoms. The Labute approximate surface area is 132 Å². The molecule has 0 aliphatic carbocycles. The fraction of sp³-hybridized carbons (Fsp3) is 0.706. The maximum atomic E-state index is 12.2. The van der Waals surface area contributed by atoms with Crippen LogP contribution in [0.1, 0.15) is 58.7 Å². The summed E-state index contributed by atoms with van der Waals surface area (Å²) in [5.41, 5.74) is 0.617. The first-order chi connectivity index (χ1) is 10.4. The number of anilines is 1. The predicted molar refractivity (Wildman–Crippen MR) is 86.6 cm³/mol. The maximum Gasteiger partial charge on any atom is 0.224 e. The van der Waals surface area contributed by atoms with Crippen LogP contribution in [0.5, 0.6) is 0 Å². The number of carbonyl (C=O) groups is 1. The summed E-state index contributed by atoms with van der Waals surface area (Å²) < 4.78 is 0. The van der Waals surface area contributed by atoms with Gasteiger partial charge in [0.15, 0.2) is 0 Å². The van der Waals surface area contributed by atoms with Crippen LogP contribution in [-0.4, -0.2) is 28.0 Å². The van der Waals surface area contributed by atoms with Gasteiger partial charge >= 0.3 is 0 Å². The molecule has 2 N–H and O–H groups in total. The van der Waals surface area contributed by atoms with Crippen molar-refractivity contribution in [3.63, 3.8) is 0 Å². The lowest BCUT2D eigenvalue weighted by Crippen LogP contribution is -2.39. The van der Waals surface area contributed by atoms with E-state index in [-0.39, 0.29) is 11.3 Å². The highest BCUT2D eigenvalue weighted by Gasteiger charge is 2.34. The van der Waals surface area contributed by atoms with Gasteiger partial charge in [0, 0.05) is 23.9 Å². The van der Waals surface area contributed by atoms with E-state index in [1.807, 2.05) is 0 Å². The standard InChI is InChI=1S/C17H26N4O/c1-17(2,3)16-18-9-14(10-19-16)21-15(22)8-11-6-12-4-5-13(7-11)20-12/h9-13,20H,4-8H2,1-3H3,(H,21,22). The maximum absolute atomic E-state index is 12.2. The minimum Gasteiger partial charge on any atom is -0.323 e. The number of nitrogens with zero attached hydrogens (tertiary/aromatic N) is 2. The van der Waals surface area contributed by atoms with Gasteiger partial charge in [-0.15, -0.1) is 0 Å². The second kappa shape index (κ2) is 5.95. The SMILES string of the molecule is CC(C)(C)c1ncc(NC(=O)CC2CC3CCC(C2)N3)cn1. The van der Waals surface area contributed by atoms with Crippen molar-refractivity contribution in [2.75, 3.05) is 5.32 Å². The summed E-state index contributed by atoms with van der Waals surface area (Å²) in [6.45, 7) is 6.23. The van der Waals surface area contributed by atoms with Crippen LogP contribution in [0.2, 0.25) is 0 Å². The number of fused-ring (bicyclic) bond motifs is 2. The van der Waals surface area contributed by atoms with E-state index in [0.717, 1.165) is 18.7 Å². The third kappa shape index (κ3) is 3.64. The molecular formula is C17H26N4O. The third-order valence-corrected chi connectivity index (χ3v) is 4.65. The molecule has 3 rings (SSSR count). The van der Waals surface area contributed by atoms with Crippen molar-refractivity contribution >= 4 is 11.6 Å². The van der Waals surface area contributed by atoms with Gasteiger partial charge in [-0.2, -0.15) is 0 Å². The molecule has 0 aromatic carbocycles. The van der Waals surface area contributed by atoms with Crippen molar-refractivity contribution in [2.45, 2.75) is 70.4 Å². The number of carbonyl (C=O) groups excluding carboxylic acids is 1. The normalized spacial score (nSPS) is 27.7. The Morgan fingerprint density at radius 3 is 2.36 bits per heavy atom. The van der Waals surface area contributed by atoms with Crippen LogP contribution < -0.4 is 10.6 Å². The molecule has 0 saturated carbocycles. The van der Waals surface area contributed by atoms with Gasteiger partial charge in [-0.1, -0.05) is 20.8 Å². The van der Waals surface area contributed by atoms with E-state index in [4.69, 9.17) is 0 Å². The molecule has 2 aliphatic heterocycles. The molecule has 1 aromatic heterocycles. The van der Waals surface area contributed by atoms with Crippen LogP contribution in [0.3, 0.4) is 0 Å². The molecule has 2 aliphatic rings. The first kappa shape index (κ1) is 15.4. The zero-order chi connectivity index (χ0) is 15.7. The molecule has 2 fully saturated rings. The molecular weight excluding hydrogens is 276 g/mol. The summed E-state index contributed by atoms with van der Waals surface area (Å²) in [6.07, 6.45) is 8.81. The largest absolute Gasteiger partial charge is 0.323 e. The first-order valence-electron chi connectivity index (χ1n) is 8.28. The lowest BCUT2D eigenvalue weighted by Gasteiger charge is -2.28. The fourth-order valence-corrected chi connectivity index (χ4v) is 3.60. The Hall–Kier alpha value is -1.49. The van der Waals surface area contributed by atoms with Crippen LogP contribution >= 0.6 is 0 Å². The zero-order valence-electron chi connectivity index (χ0n) is 13.7. The molecule has 1 amide bonds. The Morgan fingerprint density at radius 2 is 1.82 bits per heavy atom. The van der Waals surface area contributed by atoms with Crippen LogP contribution in [0.25, 0.3) is 0 Å². The van der Waals surface area contributed by atoms with E-state index >= 15 is 0 Å². The summed E-state index contributed by atoms with van der Waals surface area (Å²) in [5, 5.41) is 6.55. The summed E-state index contributed by atoms with van der Waals surface area (Å²) in [4.78, 5) is 20.9. The number of nitrogens with one attached hydrogen (secondary N) is 2. The van der Waals surface area contributed by atoms with E-state index in [2.05, 4.69) is 41.4 Å². The van der Waals surface area contributed by atoms with Crippen molar-refractivity contribution in [3.05, 3.63) is 18.2 Å². The molecule has 1 aromatic rings. The molecule has 120 valence electrons. The van der Waals surface area contributed by atoms with E-state index < -0.39 is 0 Å². The summed E-state index contributed by atoms with van der Waals surface area (Å²) in [5.74, 6) is 1.38. The van der Waals surface area contributed by atoms with Crippen LogP contribution in [0.4, 0.5) is 5.69 Å². The predicted octanol–water partition coefficient (Wildman–Crippen LogP) is 2.63. The Kier molecular flexibility index (Phi) is 4.17. The summed E-state index contributed by atoms with van der Waals surface area (Å²) in [7, 11) is 0. The molecule has 2 saturated heterocycles. The monoisotopic (exact) mass is 302 g/mol. The van der Waals surface area contributed by atoms with E-state index in [1.54, 1.807) is 12.4 Å². The van der Waals surface area contributed by atoms with Crippen molar-refractivity contribution in [2.24, 2.45) is 5.92 Å². The van der Waals surface area contributed by atoms with Crippen LogP contribution in [-0.2, 0) is 10.2 Å². The highest BCUT2D eigenvalue weighted by Crippen LogP contribution is 2.32. The fourth-order valence-electron chi connectivity index (χ4n) is 3.60. The smallest absolute Gasteiger partial charge is 0.224 e. The average Bonchev–Trinajstić information content (AvgIpc) is 2.77. The van der Waals surface area contributed by atoms with Gasteiger partial charge in [0.05, 0.1) is 18.1 Å². The Morgan fingerprint density at radius 1 is 1.23 bits per heavy atom. The second-order valence-electron chi connectivity index (χ2n) is 7.77. The Balaban J connectivity index is 1.53. The minimum atomic E-state index is -0.0725. The van der Waals surface area contributed by atoms with Gasteiger partial charge in [0.25, 0.3) is 0 Å². The molecule has 2 unspecified atom stereocenters. The highest BCUT2D eigenvalue weighted by atomic mass is 16.1. The number of piperidine rings is 1. The van der Waals surface area contributed by atoms with Crippen LogP contribution in [0.15, 0.2) is 12.4 Å². The quantitative estimate of drug-likeness (QED) is 0.901. The number of hydrogen-bond acceptors (Lipinski definition) is 4. The molecule has 5 heteroatoms. The third-order valence-electron chi connectivity index (χ3n) is 4.65. The minimum absolute atomic E-state index is 0.0725. The molecule has 2 atom stereocenters. The highest BCUT2D eigenvalue weighted by molar-refractivity contribution is 5.90. The number of rotatable bonds is 3. The van der Waals surface area contributed by atoms with Crippen molar-refractivity contribution in [1.82, 2.24) is 15.3 Å². The topological polar surface area (TPSA) is 66.9 Å². The molecule has 5 nitrogen and oxygen atoms in total. The zero-order valence-corrected chi connectivity index (χ0v) is 13.7. The van der Waals surface area contributed by atoms with Crippen molar-refractivity contribution in [1.29, 1.82) is 0 Å². The van der Waals surface area contributed by atoms with Crippen molar-refractivity contribution in [3.8, 4) is 0 Å². The lowest BCUT2D eigenvalue weighted by atomic mass is 9.89.